The first-order valence-corrected chi connectivity index (χ1v) is 4.51. The van der Waals surface area contributed by atoms with E-state index in [1.54, 1.807) is 4.90 Å². The highest BCUT2D eigenvalue weighted by Gasteiger charge is 2.27. The highest BCUT2D eigenvalue weighted by atomic mass is 19.3. The molecule has 0 radical (unpaired) electrons. The van der Waals surface area contributed by atoms with Gasteiger partial charge in [0.15, 0.2) is 0 Å². The lowest BCUT2D eigenvalue weighted by Gasteiger charge is -2.30. The summed E-state index contributed by atoms with van der Waals surface area (Å²) in [7, 11) is 0. The lowest BCUT2D eigenvalue weighted by atomic mass is 9.98. The van der Waals surface area contributed by atoms with Crippen molar-refractivity contribution in [2.75, 3.05) is 19.6 Å². The lowest BCUT2D eigenvalue weighted by molar-refractivity contribution is -0.0205. The maximum atomic E-state index is 12.6. The van der Waals surface area contributed by atoms with Crippen molar-refractivity contribution in [1.82, 2.24) is 4.90 Å². The maximum absolute atomic E-state index is 12.6. The summed E-state index contributed by atoms with van der Waals surface area (Å²) in [6.07, 6.45) is 1.46. The van der Waals surface area contributed by atoms with Crippen molar-refractivity contribution in [1.29, 1.82) is 5.26 Å². The molecular formula is C9H14F2N2. The number of rotatable bonds is 2. The molecule has 0 aromatic heterocycles. The predicted octanol–water partition coefficient (Wildman–Crippen LogP) is 1.88. The van der Waals surface area contributed by atoms with Crippen LogP contribution >= 0.6 is 0 Å². The smallest absolute Gasteiger partial charge is 0.257 e. The largest absolute Gasteiger partial charge is 0.297 e. The fourth-order valence-electron chi connectivity index (χ4n) is 1.61. The van der Waals surface area contributed by atoms with Crippen LogP contribution in [0.15, 0.2) is 0 Å². The molecule has 0 atom stereocenters. The Morgan fingerprint density at radius 1 is 1.46 bits per heavy atom. The fraction of sp³-hybridized carbons (Fsp3) is 0.889. The van der Waals surface area contributed by atoms with Crippen LogP contribution in [-0.4, -0.2) is 30.5 Å². The second kappa shape index (κ2) is 4.01. The van der Waals surface area contributed by atoms with Gasteiger partial charge in [-0.1, -0.05) is 0 Å². The molecule has 0 aliphatic carbocycles. The van der Waals surface area contributed by atoms with Crippen molar-refractivity contribution in [2.45, 2.75) is 25.7 Å². The van der Waals surface area contributed by atoms with Crippen LogP contribution in [0.5, 0.6) is 0 Å². The molecule has 0 unspecified atom stereocenters. The van der Waals surface area contributed by atoms with Crippen molar-refractivity contribution in [2.24, 2.45) is 5.92 Å². The minimum atomic E-state index is -2.61. The summed E-state index contributed by atoms with van der Waals surface area (Å²) in [6, 6.07) is 2.17. The molecule has 4 heteroatoms. The Morgan fingerprint density at radius 2 is 2.00 bits per heavy atom. The molecule has 1 aliphatic heterocycles. The van der Waals surface area contributed by atoms with Gasteiger partial charge in [-0.2, -0.15) is 5.26 Å². The topological polar surface area (TPSA) is 27.0 Å². The van der Waals surface area contributed by atoms with E-state index in [0.29, 0.717) is 13.1 Å². The van der Waals surface area contributed by atoms with Crippen LogP contribution < -0.4 is 0 Å². The van der Waals surface area contributed by atoms with E-state index in [1.165, 1.54) is 0 Å². The van der Waals surface area contributed by atoms with Gasteiger partial charge in [-0.3, -0.25) is 4.90 Å². The average molecular weight is 188 g/mol. The van der Waals surface area contributed by atoms with Crippen LogP contribution in [0, 0.1) is 17.2 Å². The molecule has 0 aromatic carbocycles. The Bertz CT molecular complexity index is 197. The van der Waals surface area contributed by atoms with E-state index in [2.05, 4.69) is 6.07 Å². The molecule has 0 saturated carbocycles. The van der Waals surface area contributed by atoms with Crippen molar-refractivity contribution in [3.8, 4) is 6.07 Å². The molecule has 1 aliphatic rings. The Balaban J connectivity index is 2.30. The first kappa shape index (κ1) is 10.4. The van der Waals surface area contributed by atoms with E-state index < -0.39 is 5.92 Å². The van der Waals surface area contributed by atoms with Gasteiger partial charge in [0, 0.05) is 12.8 Å². The second-order valence-electron chi connectivity index (χ2n) is 3.75. The number of nitrogens with zero attached hydrogens (tertiary/aromatic N) is 2. The van der Waals surface area contributed by atoms with Gasteiger partial charge >= 0.3 is 0 Å². The van der Waals surface area contributed by atoms with Crippen LogP contribution in [0.1, 0.15) is 19.8 Å². The standard InChI is InChI=1S/C9H14F2N2/c1-9(10,11)7-13-4-2-8(6-12)3-5-13/h8H,2-5,7H2,1H3. The second-order valence-corrected chi connectivity index (χ2v) is 3.75. The van der Waals surface area contributed by atoms with Gasteiger partial charge in [0.25, 0.3) is 5.92 Å². The molecule has 0 spiro atoms. The number of hydrogen-bond acceptors (Lipinski definition) is 2. The van der Waals surface area contributed by atoms with Crippen LogP contribution in [0.4, 0.5) is 8.78 Å². The highest BCUT2D eigenvalue weighted by molar-refractivity contribution is 4.87. The molecule has 0 N–H and O–H groups in total. The van der Waals surface area contributed by atoms with Crippen LogP contribution in [0.2, 0.25) is 0 Å². The zero-order chi connectivity index (χ0) is 9.90. The van der Waals surface area contributed by atoms with Crippen molar-refractivity contribution in [3.63, 3.8) is 0 Å². The van der Waals surface area contributed by atoms with E-state index in [-0.39, 0.29) is 12.5 Å². The summed E-state index contributed by atoms with van der Waals surface area (Å²) >= 11 is 0. The third kappa shape index (κ3) is 3.69. The molecular weight excluding hydrogens is 174 g/mol. The summed E-state index contributed by atoms with van der Waals surface area (Å²) in [5.41, 5.74) is 0. The first-order valence-electron chi connectivity index (χ1n) is 4.51. The molecule has 0 amide bonds. The SMILES string of the molecule is CC(F)(F)CN1CCC(C#N)CC1. The van der Waals surface area contributed by atoms with Gasteiger partial charge in [-0.05, 0) is 25.9 Å². The van der Waals surface area contributed by atoms with Crippen molar-refractivity contribution < 1.29 is 8.78 Å². The predicted molar refractivity (Wildman–Crippen MR) is 45.4 cm³/mol. The van der Waals surface area contributed by atoms with Gasteiger partial charge in [0.1, 0.15) is 0 Å². The molecule has 1 saturated heterocycles. The first-order chi connectivity index (χ1) is 6.01. The maximum Gasteiger partial charge on any atom is 0.257 e. The summed E-state index contributed by atoms with van der Waals surface area (Å²) in [5.74, 6) is -2.54. The third-order valence-electron chi connectivity index (χ3n) is 2.27. The number of halogens is 2. The number of likely N-dealkylation sites (tertiary alicyclic amines) is 1. The molecule has 0 bridgehead atoms. The van der Waals surface area contributed by atoms with E-state index in [0.717, 1.165) is 19.8 Å². The van der Waals surface area contributed by atoms with E-state index in [4.69, 9.17) is 5.26 Å². The van der Waals surface area contributed by atoms with Crippen molar-refractivity contribution >= 4 is 0 Å². The Kier molecular flexibility index (Phi) is 3.21. The van der Waals surface area contributed by atoms with Crippen molar-refractivity contribution in [3.05, 3.63) is 0 Å². The van der Waals surface area contributed by atoms with E-state index >= 15 is 0 Å². The van der Waals surface area contributed by atoms with Crippen LogP contribution in [0.25, 0.3) is 0 Å². The van der Waals surface area contributed by atoms with Gasteiger partial charge in [0.05, 0.1) is 12.6 Å². The van der Waals surface area contributed by atoms with E-state index in [9.17, 15) is 8.78 Å². The number of alkyl halides is 2. The van der Waals surface area contributed by atoms with Gasteiger partial charge in [0.2, 0.25) is 0 Å². The van der Waals surface area contributed by atoms with Gasteiger partial charge in [-0.25, -0.2) is 8.78 Å². The molecule has 1 heterocycles. The number of hydrogen-bond donors (Lipinski definition) is 0. The summed E-state index contributed by atoms with van der Waals surface area (Å²) in [6.45, 7) is 2.01. The van der Waals surface area contributed by atoms with Crippen LogP contribution in [0.3, 0.4) is 0 Å². The molecule has 13 heavy (non-hydrogen) atoms. The Labute approximate surface area is 77.1 Å². The minimum absolute atomic E-state index is 0.0710. The van der Waals surface area contributed by atoms with Gasteiger partial charge < -0.3 is 0 Å². The molecule has 0 aromatic rings. The lowest BCUT2D eigenvalue weighted by Crippen LogP contribution is -2.40. The molecule has 1 fully saturated rings. The molecule has 1 rings (SSSR count). The number of nitriles is 1. The normalized spacial score (nSPS) is 21.4. The summed E-state index contributed by atoms with van der Waals surface area (Å²) in [4.78, 5) is 1.73. The third-order valence-corrected chi connectivity index (χ3v) is 2.27. The van der Waals surface area contributed by atoms with E-state index in [1.807, 2.05) is 0 Å². The Hall–Kier alpha value is -0.690. The quantitative estimate of drug-likeness (QED) is 0.661. The Morgan fingerprint density at radius 3 is 2.38 bits per heavy atom. The van der Waals surface area contributed by atoms with Crippen LogP contribution in [-0.2, 0) is 0 Å². The summed E-state index contributed by atoms with van der Waals surface area (Å²) < 4.78 is 25.2. The molecule has 2 nitrogen and oxygen atoms in total. The zero-order valence-electron chi connectivity index (χ0n) is 7.76. The monoisotopic (exact) mass is 188 g/mol. The molecule has 74 valence electrons. The average Bonchev–Trinajstić information content (AvgIpc) is 2.03. The highest BCUT2D eigenvalue weighted by Crippen LogP contribution is 2.20. The zero-order valence-corrected chi connectivity index (χ0v) is 7.76. The summed E-state index contributed by atoms with van der Waals surface area (Å²) in [5, 5.41) is 8.59. The minimum Gasteiger partial charge on any atom is -0.297 e. The number of piperidine rings is 1. The fourth-order valence-corrected chi connectivity index (χ4v) is 1.61. The van der Waals surface area contributed by atoms with Gasteiger partial charge in [-0.15, -0.1) is 0 Å².